The minimum Gasteiger partial charge on any atom is -0.311 e. The third-order valence-corrected chi connectivity index (χ3v) is 21.2. The van der Waals surface area contributed by atoms with Crippen molar-refractivity contribution in [2.45, 2.75) is 181 Å². The van der Waals surface area contributed by atoms with Crippen molar-refractivity contribution >= 4 is 55.9 Å². The van der Waals surface area contributed by atoms with Gasteiger partial charge in [-0.05, 0) is 198 Å². The highest BCUT2D eigenvalue weighted by atomic mass is 15.1. The molecule has 1 aliphatic rings. The van der Waals surface area contributed by atoms with Gasteiger partial charge >= 0.3 is 0 Å². The zero-order valence-corrected chi connectivity index (χ0v) is 58.6. The molecule has 0 radical (unpaired) electrons. The van der Waals surface area contributed by atoms with Crippen molar-refractivity contribution in [3.8, 4) is 50.2 Å². The average Bonchev–Trinajstić information content (AvgIpc) is 1.57. The Labute approximate surface area is 580 Å². The molecular weight excluding hydrogens is 1170 g/mol. The molecule has 0 unspecified atom stereocenters. The summed E-state index contributed by atoms with van der Waals surface area (Å²) < 4.78 is 2.44. The number of rotatable bonds is 32. The standard InChI is InChI=1S/C94H101N3/c1-6-8-10-12-14-16-18-20-22-32-64-94(65-33-23-21-19-17-15-13-11-9-7-2)90-66-71(4)42-62-85(90)89-67-72(5)88(69-91(89)94)76-49-60-83(61-50-76)96(80-52-40-70(3)41-53-80)82-56-47-75(48-57-82)77-51-63-87-86-38-30-31-39-92(86)97(93(87)68-77)84-58-45-74(46-59-84)73-43-54-81(55-44-73)95(78-34-26-24-27-35-78)79-36-28-25-29-37-79/h24-31,34-63,66-69H,6-23,32-33,64-65H2,1-5H3. The van der Waals surface area contributed by atoms with Crippen LogP contribution in [0.4, 0.5) is 34.1 Å². The van der Waals surface area contributed by atoms with E-state index >= 15 is 0 Å². The van der Waals surface area contributed by atoms with Gasteiger partial charge in [0.2, 0.25) is 0 Å². The fourth-order valence-corrected chi connectivity index (χ4v) is 15.9. The lowest BCUT2D eigenvalue weighted by molar-refractivity contribution is 0.396. The van der Waals surface area contributed by atoms with Crippen LogP contribution in [0, 0.1) is 20.8 Å². The number of anilines is 6. The van der Waals surface area contributed by atoms with Gasteiger partial charge < -0.3 is 14.4 Å². The molecule has 492 valence electrons. The highest BCUT2D eigenvalue weighted by Crippen LogP contribution is 2.56. The predicted molar refractivity (Wildman–Crippen MR) is 420 cm³/mol. The number of aromatic nitrogens is 1. The molecule has 12 aromatic rings. The smallest absolute Gasteiger partial charge is 0.0547 e. The average molecular weight is 1270 g/mol. The van der Waals surface area contributed by atoms with Crippen molar-refractivity contribution in [1.82, 2.24) is 4.57 Å². The van der Waals surface area contributed by atoms with E-state index in [1.165, 1.54) is 224 Å². The summed E-state index contributed by atoms with van der Waals surface area (Å²) in [5.41, 5.74) is 27.8. The van der Waals surface area contributed by atoms with Crippen LogP contribution in [-0.4, -0.2) is 4.57 Å². The molecule has 11 aromatic carbocycles. The summed E-state index contributed by atoms with van der Waals surface area (Å²) in [5, 5.41) is 2.49. The van der Waals surface area contributed by atoms with E-state index in [0.29, 0.717) is 0 Å². The molecular formula is C94H101N3. The van der Waals surface area contributed by atoms with E-state index in [4.69, 9.17) is 0 Å². The van der Waals surface area contributed by atoms with Crippen molar-refractivity contribution < 1.29 is 0 Å². The van der Waals surface area contributed by atoms with Gasteiger partial charge in [0.15, 0.2) is 0 Å². The van der Waals surface area contributed by atoms with E-state index < -0.39 is 0 Å². The van der Waals surface area contributed by atoms with Crippen LogP contribution in [0.3, 0.4) is 0 Å². The normalized spacial score (nSPS) is 12.3. The van der Waals surface area contributed by atoms with E-state index in [1.807, 2.05) is 0 Å². The lowest BCUT2D eigenvalue weighted by atomic mass is 9.70. The molecule has 97 heavy (non-hydrogen) atoms. The van der Waals surface area contributed by atoms with Crippen LogP contribution in [0.5, 0.6) is 0 Å². The lowest BCUT2D eigenvalue weighted by Crippen LogP contribution is -2.26. The molecule has 3 heteroatoms. The van der Waals surface area contributed by atoms with Crippen molar-refractivity contribution in [2.24, 2.45) is 0 Å². The Hall–Kier alpha value is -9.18. The van der Waals surface area contributed by atoms with E-state index in [2.05, 4.69) is 304 Å². The molecule has 0 saturated heterocycles. The largest absolute Gasteiger partial charge is 0.311 e. The first-order chi connectivity index (χ1) is 47.8. The number of unbranched alkanes of at least 4 members (excludes halogenated alkanes) is 18. The van der Waals surface area contributed by atoms with Gasteiger partial charge in [0.05, 0.1) is 11.0 Å². The summed E-state index contributed by atoms with van der Waals surface area (Å²) in [4.78, 5) is 4.74. The van der Waals surface area contributed by atoms with Crippen LogP contribution in [0.25, 0.3) is 72.0 Å². The van der Waals surface area contributed by atoms with Gasteiger partial charge in [-0.25, -0.2) is 0 Å². The second-order valence-corrected chi connectivity index (χ2v) is 28.2. The van der Waals surface area contributed by atoms with E-state index in [9.17, 15) is 0 Å². The number of fused-ring (bicyclic) bond motifs is 6. The fourth-order valence-electron chi connectivity index (χ4n) is 15.9. The predicted octanol–water partition coefficient (Wildman–Crippen LogP) is 28.5. The molecule has 0 spiro atoms. The van der Waals surface area contributed by atoms with Crippen LogP contribution in [-0.2, 0) is 5.41 Å². The maximum Gasteiger partial charge on any atom is 0.0547 e. The SMILES string of the molecule is CCCCCCCCCCCCC1(CCCCCCCCCCCC)c2cc(C)ccc2-c2cc(C)c(-c3ccc(N(c4ccc(C)cc4)c4ccc(-c5ccc6c7ccccc7n(-c7ccc(-c8ccc(N(c9ccccc9)c9ccccc9)cc8)cc7)c6c5)cc4)cc3)cc21. The van der Waals surface area contributed by atoms with Gasteiger partial charge in [0.25, 0.3) is 0 Å². The van der Waals surface area contributed by atoms with Crippen molar-refractivity contribution in [3.63, 3.8) is 0 Å². The molecule has 1 aromatic heterocycles. The molecule has 0 fully saturated rings. The number of nitrogens with zero attached hydrogens (tertiary/aromatic N) is 3. The maximum absolute atomic E-state index is 2.66. The first-order valence-electron chi connectivity index (χ1n) is 37.3. The molecule has 0 atom stereocenters. The molecule has 0 aliphatic heterocycles. The van der Waals surface area contributed by atoms with Crippen LogP contribution in [0.15, 0.2) is 255 Å². The summed E-state index contributed by atoms with van der Waals surface area (Å²) in [6, 6.07) is 95.5. The van der Waals surface area contributed by atoms with Gasteiger partial charge in [-0.2, -0.15) is 0 Å². The third-order valence-electron chi connectivity index (χ3n) is 21.2. The lowest BCUT2D eigenvalue weighted by Gasteiger charge is -2.33. The van der Waals surface area contributed by atoms with Crippen molar-refractivity contribution in [2.75, 3.05) is 9.80 Å². The van der Waals surface area contributed by atoms with Crippen molar-refractivity contribution in [3.05, 3.63) is 283 Å². The minimum absolute atomic E-state index is 0.0240. The Balaban J connectivity index is 0.767. The van der Waals surface area contributed by atoms with Gasteiger partial charge in [-0.15, -0.1) is 0 Å². The zero-order valence-electron chi connectivity index (χ0n) is 58.6. The molecule has 0 N–H and O–H groups in total. The Bertz CT molecular complexity index is 4420. The van der Waals surface area contributed by atoms with Crippen LogP contribution in [0.1, 0.15) is 183 Å². The van der Waals surface area contributed by atoms with E-state index in [-0.39, 0.29) is 5.41 Å². The fraction of sp³-hybridized carbons (Fsp3) is 0.298. The second kappa shape index (κ2) is 31.8. The van der Waals surface area contributed by atoms with E-state index in [0.717, 1.165) is 39.8 Å². The molecule has 1 heterocycles. The molecule has 1 aliphatic carbocycles. The van der Waals surface area contributed by atoms with E-state index in [1.54, 1.807) is 11.1 Å². The number of hydrogen-bond donors (Lipinski definition) is 0. The van der Waals surface area contributed by atoms with Crippen LogP contribution in [0.2, 0.25) is 0 Å². The topological polar surface area (TPSA) is 11.4 Å². The molecule has 3 nitrogen and oxygen atoms in total. The number of hydrogen-bond acceptors (Lipinski definition) is 2. The van der Waals surface area contributed by atoms with Gasteiger partial charge in [0.1, 0.15) is 0 Å². The summed E-state index contributed by atoms with van der Waals surface area (Å²) in [7, 11) is 0. The third kappa shape index (κ3) is 15.0. The summed E-state index contributed by atoms with van der Waals surface area (Å²) in [6.45, 7) is 11.5. The number of benzene rings is 11. The Morgan fingerprint density at radius 1 is 0.278 bits per heavy atom. The first-order valence-corrected chi connectivity index (χ1v) is 37.3. The van der Waals surface area contributed by atoms with Crippen molar-refractivity contribution in [1.29, 1.82) is 0 Å². The Morgan fingerprint density at radius 2 is 0.670 bits per heavy atom. The first kappa shape index (κ1) is 66.4. The highest BCUT2D eigenvalue weighted by Gasteiger charge is 2.43. The van der Waals surface area contributed by atoms with Gasteiger partial charge in [-0.3, -0.25) is 0 Å². The van der Waals surface area contributed by atoms with Crippen LogP contribution >= 0.6 is 0 Å². The second-order valence-electron chi connectivity index (χ2n) is 28.2. The molecule has 0 bridgehead atoms. The molecule has 13 rings (SSSR count). The Kier molecular flexibility index (Phi) is 21.8. The minimum atomic E-state index is 0.0240. The monoisotopic (exact) mass is 1270 g/mol. The number of para-hydroxylation sites is 3. The molecule has 0 amide bonds. The molecule has 0 saturated carbocycles. The quantitative estimate of drug-likeness (QED) is 0.0389. The number of aryl methyl sites for hydroxylation is 3. The Morgan fingerprint density at radius 3 is 1.19 bits per heavy atom. The summed E-state index contributed by atoms with van der Waals surface area (Å²) in [5.74, 6) is 0. The van der Waals surface area contributed by atoms with Crippen LogP contribution < -0.4 is 9.80 Å². The van der Waals surface area contributed by atoms with Gasteiger partial charge in [-0.1, -0.05) is 305 Å². The summed E-state index contributed by atoms with van der Waals surface area (Å²) >= 11 is 0. The highest BCUT2D eigenvalue weighted by molar-refractivity contribution is 6.10. The zero-order chi connectivity index (χ0) is 66.3. The maximum atomic E-state index is 2.66. The van der Waals surface area contributed by atoms with Gasteiger partial charge in [0, 0.05) is 56.0 Å². The summed E-state index contributed by atoms with van der Waals surface area (Å²) in [6.07, 6.45) is 29.8.